The van der Waals surface area contributed by atoms with Gasteiger partial charge >= 0.3 is 5.97 Å². The lowest BCUT2D eigenvalue weighted by Gasteiger charge is -2.26. The normalized spacial score (nSPS) is 17.7. The summed E-state index contributed by atoms with van der Waals surface area (Å²) in [5.41, 5.74) is 0. The highest BCUT2D eigenvalue weighted by atomic mass is 32.2. The molecule has 128 valence electrons. The summed E-state index contributed by atoms with van der Waals surface area (Å²) in [6, 6.07) is 0.375. The highest BCUT2D eigenvalue weighted by molar-refractivity contribution is 7.99. The molecule has 1 N–H and O–H groups in total. The number of sulfonamides is 1. The number of hydrogen-bond donors (Lipinski definition) is 1. The van der Waals surface area contributed by atoms with Crippen LogP contribution in [-0.4, -0.2) is 72.3 Å². The molecule has 1 amide bonds. The Kier molecular flexibility index (Phi) is 5.71. The van der Waals surface area contributed by atoms with Crippen molar-refractivity contribution in [1.82, 2.24) is 9.21 Å². The van der Waals surface area contributed by atoms with Crippen LogP contribution in [0.2, 0.25) is 0 Å². The molecule has 1 aromatic rings. The largest absolute Gasteiger partial charge is 0.480 e. The molecule has 1 unspecified atom stereocenters. The molecule has 1 aliphatic heterocycles. The molecule has 10 heteroatoms. The van der Waals surface area contributed by atoms with Crippen LogP contribution in [0.5, 0.6) is 0 Å². The maximum Gasteiger partial charge on any atom is 0.326 e. The number of thiophene rings is 1. The van der Waals surface area contributed by atoms with E-state index in [0.29, 0.717) is 13.1 Å². The van der Waals surface area contributed by atoms with Gasteiger partial charge < -0.3 is 10.0 Å². The van der Waals surface area contributed by atoms with Crippen LogP contribution in [0.1, 0.15) is 16.6 Å². The minimum atomic E-state index is -3.74. The van der Waals surface area contributed by atoms with E-state index in [4.69, 9.17) is 5.11 Å². The van der Waals surface area contributed by atoms with Crippen molar-refractivity contribution < 1.29 is 23.1 Å². The number of carboxylic acids is 1. The second kappa shape index (κ2) is 7.20. The Bertz CT molecular complexity index is 694. The Morgan fingerprint density at radius 1 is 1.35 bits per heavy atom. The smallest absolute Gasteiger partial charge is 0.326 e. The summed E-state index contributed by atoms with van der Waals surface area (Å²) in [5.74, 6) is -0.291. The van der Waals surface area contributed by atoms with Crippen LogP contribution in [0.4, 0.5) is 0 Å². The highest BCUT2D eigenvalue weighted by Crippen LogP contribution is 2.28. The zero-order valence-electron chi connectivity index (χ0n) is 12.8. The summed E-state index contributed by atoms with van der Waals surface area (Å²) in [4.78, 5) is 24.6. The molecule has 0 bridgehead atoms. The molecule has 7 nitrogen and oxygen atoms in total. The van der Waals surface area contributed by atoms with E-state index in [2.05, 4.69) is 0 Å². The Balaban J connectivity index is 2.32. The average molecular weight is 378 g/mol. The molecular weight excluding hydrogens is 360 g/mol. The summed E-state index contributed by atoms with van der Waals surface area (Å²) in [7, 11) is -2.38. The molecule has 0 aromatic carbocycles. The van der Waals surface area contributed by atoms with Crippen molar-refractivity contribution in [1.29, 1.82) is 0 Å². The highest BCUT2D eigenvalue weighted by Gasteiger charge is 2.33. The molecule has 2 heterocycles. The maximum atomic E-state index is 12.7. The zero-order valence-corrected chi connectivity index (χ0v) is 15.2. The number of carbonyl (C=O) groups excluding carboxylic acids is 1. The van der Waals surface area contributed by atoms with E-state index in [1.54, 1.807) is 11.8 Å². The third kappa shape index (κ3) is 3.70. The Morgan fingerprint density at radius 2 is 1.96 bits per heavy atom. The number of rotatable bonds is 5. The van der Waals surface area contributed by atoms with Crippen molar-refractivity contribution >= 4 is 45.0 Å². The number of thioether (sulfide) groups is 1. The predicted octanol–water partition coefficient (Wildman–Crippen LogP) is 1.03. The van der Waals surface area contributed by atoms with Crippen molar-refractivity contribution in [3.63, 3.8) is 0 Å². The van der Waals surface area contributed by atoms with Crippen LogP contribution >= 0.6 is 23.1 Å². The first-order valence-corrected chi connectivity index (χ1v) is 10.4. The molecule has 1 aliphatic rings. The quantitative estimate of drug-likeness (QED) is 0.822. The van der Waals surface area contributed by atoms with Gasteiger partial charge in [-0.15, -0.1) is 11.3 Å². The van der Waals surface area contributed by atoms with Gasteiger partial charge in [-0.25, -0.2) is 13.2 Å². The maximum absolute atomic E-state index is 12.7. The van der Waals surface area contributed by atoms with E-state index in [1.165, 1.54) is 29.7 Å². The van der Waals surface area contributed by atoms with Gasteiger partial charge in [0.2, 0.25) is 10.0 Å². The molecule has 2 rings (SSSR count). The van der Waals surface area contributed by atoms with Gasteiger partial charge in [0.1, 0.15) is 15.8 Å². The second-order valence-corrected chi connectivity index (χ2v) is 9.11. The van der Waals surface area contributed by atoms with E-state index in [0.717, 1.165) is 27.7 Å². The average Bonchev–Trinajstić information content (AvgIpc) is 3.03. The van der Waals surface area contributed by atoms with Crippen molar-refractivity contribution in [2.75, 3.05) is 31.6 Å². The lowest BCUT2D eigenvalue weighted by Crippen LogP contribution is -2.41. The van der Waals surface area contributed by atoms with Crippen molar-refractivity contribution in [3.05, 3.63) is 16.3 Å². The van der Waals surface area contributed by atoms with Crippen molar-refractivity contribution in [3.8, 4) is 0 Å². The van der Waals surface area contributed by atoms with Gasteiger partial charge in [-0.1, -0.05) is 0 Å². The molecular formula is C13H18N2O5S3. The van der Waals surface area contributed by atoms with Crippen molar-refractivity contribution in [2.45, 2.75) is 17.9 Å². The molecule has 1 saturated heterocycles. The van der Waals surface area contributed by atoms with Gasteiger partial charge in [0.25, 0.3) is 5.91 Å². The third-order valence-corrected chi connectivity index (χ3v) is 7.59. The van der Waals surface area contributed by atoms with Gasteiger partial charge in [-0.05, 0) is 18.4 Å². The summed E-state index contributed by atoms with van der Waals surface area (Å²) in [5, 5.41) is 10.6. The Hall–Kier alpha value is -1.10. The molecule has 0 spiro atoms. The monoisotopic (exact) mass is 378 g/mol. The number of nitrogens with zero attached hydrogens (tertiary/aromatic N) is 2. The van der Waals surface area contributed by atoms with Gasteiger partial charge in [-0.3, -0.25) is 4.79 Å². The van der Waals surface area contributed by atoms with Crippen LogP contribution in [-0.2, 0) is 14.8 Å². The first-order valence-electron chi connectivity index (χ1n) is 6.92. The second-order valence-electron chi connectivity index (χ2n) is 5.06. The fourth-order valence-electron chi connectivity index (χ4n) is 2.08. The Labute approximate surface area is 143 Å². The summed E-state index contributed by atoms with van der Waals surface area (Å²) in [6.45, 7) is 2.21. The van der Waals surface area contributed by atoms with Crippen LogP contribution < -0.4 is 0 Å². The van der Waals surface area contributed by atoms with Crippen LogP contribution in [0.3, 0.4) is 0 Å². The standard InChI is InChI=1S/C13H18N2O5S3/c1-9(13(17)18)14(2)12(16)11-10(3-6-22-11)23(19,20)15-4-7-21-8-5-15/h3,6,9H,4-5,7-8H2,1-2H3,(H,17,18). The summed E-state index contributed by atoms with van der Waals surface area (Å²) >= 11 is 2.70. The van der Waals surface area contributed by atoms with E-state index < -0.39 is 27.9 Å². The van der Waals surface area contributed by atoms with E-state index in [1.807, 2.05) is 0 Å². The SMILES string of the molecule is CC(C(=O)O)N(C)C(=O)c1sccc1S(=O)(=O)N1CCSCC1. The molecule has 1 fully saturated rings. The topological polar surface area (TPSA) is 95.0 Å². The van der Waals surface area contributed by atoms with E-state index in [-0.39, 0.29) is 9.77 Å². The lowest BCUT2D eigenvalue weighted by molar-refractivity contribution is -0.141. The fourth-order valence-corrected chi connectivity index (χ4v) is 6.04. The predicted molar refractivity (Wildman–Crippen MR) is 89.6 cm³/mol. The molecule has 23 heavy (non-hydrogen) atoms. The number of aliphatic carboxylic acids is 1. The lowest BCUT2D eigenvalue weighted by atomic mass is 10.3. The fraction of sp³-hybridized carbons (Fsp3) is 0.538. The minimum absolute atomic E-state index is 0.0381. The van der Waals surface area contributed by atoms with Gasteiger partial charge in [0.15, 0.2) is 0 Å². The molecule has 0 aliphatic carbocycles. The molecule has 0 saturated carbocycles. The van der Waals surface area contributed by atoms with Crippen LogP contribution in [0.25, 0.3) is 0 Å². The number of carbonyl (C=O) groups is 2. The zero-order chi connectivity index (χ0) is 17.2. The number of likely N-dealkylation sites (N-methyl/N-ethyl adjacent to an activating group) is 1. The van der Waals surface area contributed by atoms with E-state index in [9.17, 15) is 18.0 Å². The number of hydrogen-bond acceptors (Lipinski definition) is 6. The number of carboxylic acid groups (broad SMARTS) is 1. The Morgan fingerprint density at radius 3 is 2.52 bits per heavy atom. The molecule has 1 atom stereocenters. The van der Waals surface area contributed by atoms with Gasteiger partial charge in [0, 0.05) is 31.6 Å². The summed E-state index contributed by atoms with van der Waals surface area (Å²) < 4.78 is 26.9. The minimum Gasteiger partial charge on any atom is -0.480 e. The van der Waals surface area contributed by atoms with Crippen LogP contribution in [0, 0.1) is 0 Å². The first kappa shape index (κ1) is 18.2. The van der Waals surface area contributed by atoms with E-state index >= 15 is 0 Å². The van der Waals surface area contributed by atoms with Gasteiger partial charge in [0.05, 0.1) is 0 Å². The first-order chi connectivity index (χ1) is 10.8. The molecule has 1 aromatic heterocycles. The summed E-state index contributed by atoms with van der Waals surface area (Å²) in [6.07, 6.45) is 0. The molecule has 0 radical (unpaired) electrons. The van der Waals surface area contributed by atoms with Crippen molar-refractivity contribution in [2.24, 2.45) is 0 Å². The number of amides is 1. The van der Waals surface area contributed by atoms with Crippen LogP contribution in [0.15, 0.2) is 16.3 Å². The van der Waals surface area contributed by atoms with Gasteiger partial charge in [-0.2, -0.15) is 16.1 Å². The third-order valence-electron chi connectivity index (χ3n) is 3.67.